The van der Waals surface area contributed by atoms with E-state index in [1.807, 2.05) is 0 Å². The molecule has 0 saturated carbocycles. The molecule has 0 radical (unpaired) electrons. The first kappa shape index (κ1) is 15.1. The summed E-state index contributed by atoms with van der Waals surface area (Å²) in [6, 6.07) is 3.23. The molecule has 1 aromatic rings. The largest absolute Gasteiger partial charge is 0.496 e. The van der Waals surface area contributed by atoms with E-state index in [0.717, 1.165) is 13.1 Å². The highest BCUT2D eigenvalue weighted by Crippen LogP contribution is 2.32. The molecule has 0 atom stereocenters. The molecule has 2 rings (SSSR count). The second kappa shape index (κ2) is 6.92. The quantitative estimate of drug-likeness (QED) is 0.777. The molecule has 1 saturated heterocycles. The number of carbonyl (C=O) groups is 1. The van der Waals surface area contributed by atoms with Gasteiger partial charge in [0.2, 0.25) is 0 Å². The Morgan fingerprint density at radius 1 is 1.25 bits per heavy atom. The van der Waals surface area contributed by atoms with Crippen molar-refractivity contribution >= 4 is 17.4 Å². The van der Waals surface area contributed by atoms with Gasteiger partial charge in [0.1, 0.15) is 11.5 Å². The number of hydrogen-bond donors (Lipinski definition) is 0. The average molecular weight is 300 g/mol. The van der Waals surface area contributed by atoms with Crippen molar-refractivity contribution in [2.24, 2.45) is 0 Å². The molecular formula is C14H18ClNO4. The van der Waals surface area contributed by atoms with Crippen LogP contribution in [0.4, 0.5) is 0 Å². The molecule has 110 valence electrons. The summed E-state index contributed by atoms with van der Waals surface area (Å²) in [6.45, 7) is 3.18. The summed E-state index contributed by atoms with van der Waals surface area (Å²) in [4.78, 5) is 14.4. The van der Waals surface area contributed by atoms with Gasteiger partial charge in [0, 0.05) is 19.2 Å². The number of ether oxygens (including phenoxy) is 3. The number of morpholine rings is 1. The third-order valence-electron chi connectivity index (χ3n) is 3.25. The Bertz CT molecular complexity index is 486. The number of benzene rings is 1. The van der Waals surface area contributed by atoms with Crippen LogP contribution >= 0.6 is 11.6 Å². The second-order valence-corrected chi connectivity index (χ2v) is 4.91. The van der Waals surface area contributed by atoms with Crippen molar-refractivity contribution in [2.75, 3.05) is 47.1 Å². The molecule has 1 heterocycles. The van der Waals surface area contributed by atoms with Gasteiger partial charge in [0.05, 0.1) is 44.6 Å². The van der Waals surface area contributed by atoms with Crippen LogP contribution in [0.2, 0.25) is 5.02 Å². The summed E-state index contributed by atoms with van der Waals surface area (Å²) in [6.07, 6.45) is 0. The molecular weight excluding hydrogens is 282 g/mol. The molecule has 0 bridgehead atoms. The van der Waals surface area contributed by atoms with Crippen LogP contribution in [0.1, 0.15) is 10.4 Å². The maximum atomic E-state index is 12.4. The topological polar surface area (TPSA) is 48.0 Å². The van der Waals surface area contributed by atoms with Gasteiger partial charge in [-0.15, -0.1) is 0 Å². The lowest BCUT2D eigenvalue weighted by molar-refractivity contribution is 0.0370. The smallest absolute Gasteiger partial charge is 0.180 e. The molecule has 0 amide bonds. The number of methoxy groups -OCH3 is 2. The van der Waals surface area contributed by atoms with Crippen LogP contribution in [0.15, 0.2) is 12.1 Å². The van der Waals surface area contributed by atoms with Gasteiger partial charge in [-0.25, -0.2) is 0 Å². The van der Waals surface area contributed by atoms with Crippen molar-refractivity contribution in [2.45, 2.75) is 0 Å². The van der Waals surface area contributed by atoms with Gasteiger partial charge in [-0.2, -0.15) is 0 Å². The van der Waals surface area contributed by atoms with Crippen LogP contribution in [-0.2, 0) is 4.74 Å². The Balaban J connectivity index is 2.17. The molecule has 0 spiro atoms. The predicted molar refractivity (Wildman–Crippen MR) is 76.1 cm³/mol. The van der Waals surface area contributed by atoms with E-state index in [0.29, 0.717) is 41.8 Å². The van der Waals surface area contributed by atoms with Crippen molar-refractivity contribution in [3.05, 3.63) is 22.7 Å². The number of carbonyl (C=O) groups excluding carboxylic acids is 1. The van der Waals surface area contributed by atoms with Gasteiger partial charge in [0.15, 0.2) is 5.78 Å². The average Bonchev–Trinajstić information content (AvgIpc) is 2.48. The number of halogens is 1. The van der Waals surface area contributed by atoms with Gasteiger partial charge in [-0.3, -0.25) is 9.69 Å². The summed E-state index contributed by atoms with van der Waals surface area (Å²) in [5.41, 5.74) is 0.477. The molecule has 0 unspecified atom stereocenters. The molecule has 1 fully saturated rings. The van der Waals surface area contributed by atoms with Crippen molar-refractivity contribution in [3.8, 4) is 11.5 Å². The molecule has 6 heteroatoms. The number of Topliss-reactive ketones (excluding diaryl/α,β-unsaturated/α-hetero) is 1. The van der Waals surface area contributed by atoms with Crippen molar-refractivity contribution in [1.82, 2.24) is 4.90 Å². The van der Waals surface area contributed by atoms with E-state index >= 15 is 0 Å². The highest BCUT2D eigenvalue weighted by molar-refractivity contribution is 6.32. The second-order valence-electron chi connectivity index (χ2n) is 4.50. The fraction of sp³-hybridized carbons (Fsp3) is 0.500. The third-order valence-corrected chi connectivity index (χ3v) is 3.54. The molecule has 0 aromatic heterocycles. The number of rotatable bonds is 5. The summed E-state index contributed by atoms with van der Waals surface area (Å²) in [7, 11) is 3.05. The molecule has 20 heavy (non-hydrogen) atoms. The lowest BCUT2D eigenvalue weighted by atomic mass is 10.1. The van der Waals surface area contributed by atoms with Crippen molar-refractivity contribution in [1.29, 1.82) is 0 Å². The van der Waals surface area contributed by atoms with Gasteiger partial charge >= 0.3 is 0 Å². The van der Waals surface area contributed by atoms with E-state index in [-0.39, 0.29) is 5.78 Å². The van der Waals surface area contributed by atoms with Crippen molar-refractivity contribution < 1.29 is 19.0 Å². The molecule has 1 aliphatic heterocycles. The number of nitrogens with zero attached hydrogens (tertiary/aromatic N) is 1. The molecule has 0 N–H and O–H groups in total. The highest BCUT2D eigenvalue weighted by Gasteiger charge is 2.20. The SMILES string of the molecule is COc1cc(OC)c(C(=O)CN2CCOCC2)cc1Cl. The first-order chi connectivity index (χ1) is 9.65. The molecule has 1 aromatic carbocycles. The molecule has 0 aliphatic carbocycles. The molecule has 5 nitrogen and oxygen atoms in total. The predicted octanol–water partition coefficient (Wildman–Crippen LogP) is 1.87. The zero-order valence-corrected chi connectivity index (χ0v) is 12.4. The maximum absolute atomic E-state index is 12.4. The van der Waals surface area contributed by atoms with Crippen LogP contribution in [0, 0.1) is 0 Å². The first-order valence-electron chi connectivity index (χ1n) is 6.40. The summed E-state index contributed by atoms with van der Waals surface area (Å²) in [5, 5.41) is 0.402. The summed E-state index contributed by atoms with van der Waals surface area (Å²) < 4.78 is 15.6. The number of hydrogen-bond acceptors (Lipinski definition) is 5. The standard InChI is InChI=1S/C14H18ClNO4/c1-18-13-8-14(19-2)11(15)7-10(13)12(17)9-16-3-5-20-6-4-16/h7-8H,3-6,9H2,1-2H3. The van der Waals surface area contributed by atoms with Gasteiger partial charge in [0.25, 0.3) is 0 Å². The Hall–Kier alpha value is -1.30. The van der Waals surface area contributed by atoms with Gasteiger partial charge < -0.3 is 14.2 Å². The van der Waals surface area contributed by atoms with Crippen molar-refractivity contribution in [3.63, 3.8) is 0 Å². The van der Waals surface area contributed by atoms with Gasteiger partial charge in [-0.1, -0.05) is 11.6 Å². The van der Waals surface area contributed by atoms with Crippen LogP contribution < -0.4 is 9.47 Å². The minimum atomic E-state index is -0.0201. The fourth-order valence-electron chi connectivity index (χ4n) is 2.13. The van der Waals surface area contributed by atoms with E-state index in [1.165, 1.54) is 14.2 Å². The third kappa shape index (κ3) is 3.42. The Labute approximate surface area is 123 Å². The van der Waals surface area contributed by atoms with E-state index in [2.05, 4.69) is 4.90 Å². The Kier molecular flexibility index (Phi) is 5.23. The van der Waals surface area contributed by atoms with E-state index < -0.39 is 0 Å². The van der Waals surface area contributed by atoms with Crippen LogP contribution in [0.5, 0.6) is 11.5 Å². The van der Waals surface area contributed by atoms with Crippen LogP contribution in [0.25, 0.3) is 0 Å². The first-order valence-corrected chi connectivity index (χ1v) is 6.78. The van der Waals surface area contributed by atoms with Crippen LogP contribution in [0.3, 0.4) is 0 Å². The normalized spacial score (nSPS) is 15.9. The lowest BCUT2D eigenvalue weighted by Gasteiger charge is -2.26. The summed E-state index contributed by atoms with van der Waals surface area (Å²) in [5.74, 6) is 0.948. The van der Waals surface area contributed by atoms with Gasteiger partial charge in [-0.05, 0) is 6.07 Å². The minimum absolute atomic E-state index is 0.0201. The maximum Gasteiger partial charge on any atom is 0.180 e. The van der Waals surface area contributed by atoms with E-state index in [1.54, 1.807) is 12.1 Å². The Morgan fingerprint density at radius 3 is 2.50 bits per heavy atom. The Morgan fingerprint density at radius 2 is 1.90 bits per heavy atom. The summed E-state index contributed by atoms with van der Waals surface area (Å²) >= 11 is 6.08. The fourth-order valence-corrected chi connectivity index (χ4v) is 2.37. The minimum Gasteiger partial charge on any atom is -0.496 e. The zero-order valence-electron chi connectivity index (χ0n) is 11.6. The zero-order chi connectivity index (χ0) is 14.5. The number of ketones is 1. The van der Waals surface area contributed by atoms with E-state index in [9.17, 15) is 4.79 Å². The highest BCUT2D eigenvalue weighted by atomic mass is 35.5. The van der Waals surface area contributed by atoms with Crippen LogP contribution in [-0.4, -0.2) is 57.8 Å². The van der Waals surface area contributed by atoms with E-state index in [4.69, 9.17) is 25.8 Å². The monoisotopic (exact) mass is 299 g/mol. The lowest BCUT2D eigenvalue weighted by Crippen LogP contribution is -2.39. The molecule has 1 aliphatic rings.